The lowest BCUT2D eigenvalue weighted by Gasteiger charge is -2.09. The molecule has 0 radical (unpaired) electrons. The molecule has 1 aromatic rings. The fraction of sp³-hybridized carbons (Fsp3) is 0.500. The molecule has 2 nitrogen and oxygen atoms in total. The third-order valence-electron chi connectivity index (χ3n) is 2.71. The molecule has 1 unspecified atom stereocenters. The highest BCUT2D eigenvalue weighted by molar-refractivity contribution is 5.16. The Labute approximate surface area is 93.6 Å². The molecule has 1 aliphatic rings. The smallest absolute Gasteiger partial charge is 0.126 e. The fourth-order valence-electron chi connectivity index (χ4n) is 1.89. The van der Waals surface area contributed by atoms with Crippen molar-refractivity contribution < 1.29 is 13.5 Å². The normalized spacial score (nSPS) is 20.2. The lowest BCUT2D eigenvalue weighted by atomic mass is 10.1. The van der Waals surface area contributed by atoms with Crippen LogP contribution in [0.5, 0.6) is 0 Å². The number of rotatable bonds is 4. The molecule has 16 heavy (non-hydrogen) atoms. The van der Waals surface area contributed by atoms with Crippen LogP contribution >= 0.6 is 0 Å². The number of halogens is 2. The van der Waals surface area contributed by atoms with Gasteiger partial charge in [0.05, 0.1) is 13.2 Å². The molecule has 0 aromatic heterocycles. The predicted molar refractivity (Wildman–Crippen MR) is 57.0 cm³/mol. The van der Waals surface area contributed by atoms with E-state index >= 15 is 0 Å². The van der Waals surface area contributed by atoms with Crippen LogP contribution in [-0.4, -0.2) is 19.7 Å². The van der Waals surface area contributed by atoms with Crippen molar-refractivity contribution in [3.05, 3.63) is 35.4 Å². The van der Waals surface area contributed by atoms with Gasteiger partial charge in [0.15, 0.2) is 0 Å². The second kappa shape index (κ2) is 5.37. The summed E-state index contributed by atoms with van der Waals surface area (Å²) in [4.78, 5) is 0. The van der Waals surface area contributed by atoms with E-state index in [-0.39, 0.29) is 6.61 Å². The van der Waals surface area contributed by atoms with Gasteiger partial charge in [0.25, 0.3) is 0 Å². The van der Waals surface area contributed by atoms with E-state index in [0.717, 1.165) is 25.6 Å². The first-order valence-corrected chi connectivity index (χ1v) is 5.47. The van der Waals surface area contributed by atoms with E-state index in [1.54, 1.807) is 0 Å². The van der Waals surface area contributed by atoms with Gasteiger partial charge in [-0.3, -0.25) is 0 Å². The average Bonchev–Trinajstić information content (AvgIpc) is 2.69. The number of hydrogen-bond donors (Lipinski definition) is 1. The van der Waals surface area contributed by atoms with Crippen LogP contribution < -0.4 is 5.32 Å². The molecule has 2 rings (SSSR count). The van der Waals surface area contributed by atoms with Crippen molar-refractivity contribution in [2.24, 2.45) is 5.92 Å². The van der Waals surface area contributed by atoms with Crippen molar-refractivity contribution in [1.82, 2.24) is 5.32 Å². The zero-order chi connectivity index (χ0) is 11.4. The largest absolute Gasteiger partial charge is 0.376 e. The Morgan fingerprint density at radius 3 is 2.62 bits per heavy atom. The molecule has 88 valence electrons. The molecule has 0 amide bonds. The SMILES string of the molecule is Fc1cc(F)cc(COCC2CCNC2)c1. The van der Waals surface area contributed by atoms with Crippen LogP contribution in [0.15, 0.2) is 18.2 Å². The molecule has 1 aromatic carbocycles. The summed E-state index contributed by atoms with van der Waals surface area (Å²) < 4.78 is 31.1. The first-order valence-electron chi connectivity index (χ1n) is 5.47. The van der Waals surface area contributed by atoms with Crippen LogP contribution in [0.1, 0.15) is 12.0 Å². The maximum Gasteiger partial charge on any atom is 0.126 e. The van der Waals surface area contributed by atoms with Crippen molar-refractivity contribution in [2.45, 2.75) is 13.0 Å². The first-order chi connectivity index (χ1) is 7.74. The van der Waals surface area contributed by atoms with Crippen LogP contribution in [0.2, 0.25) is 0 Å². The van der Waals surface area contributed by atoms with Crippen LogP contribution in [0.3, 0.4) is 0 Å². The van der Waals surface area contributed by atoms with Gasteiger partial charge < -0.3 is 10.1 Å². The van der Waals surface area contributed by atoms with Gasteiger partial charge in [-0.15, -0.1) is 0 Å². The minimum atomic E-state index is -0.555. The Morgan fingerprint density at radius 1 is 1.25 bits per heavy atom. The maximum absolute atomic E-state index is 12.9. The van der Waals surface area contributed by atoms with Crippen molar-refractivity contribution >= 4 is 0 Å². The quantitative estimate of drug-likeness (QED) is 0.850. The van der Waals surface area contributed by atoms with Crippen molar-refractivity contribution in [2.75, 3.05) is 19.7 Å². The van der Waals surface area contributed by atoms with Crippen molar-refractivity contribution in [3.8, 4) is 0 Å². The zero-order valence-corrected chi connectivity index (χ0v) is 9.01. The average molecular weight is 227 g/mol. The highest BCUT2D eigenvalue weighted by Crippen LogP contribution is 2.12. The number of ether oxygens (including phenoxy) is 1. The summed E-state index contributed by atoms with van der Waals surface area (Å²) in [5, 5.41) is 3.24. The van der Waals surface area contributed by atoms with E-state index in [1.807, 2.05) is 0 Å². The van der Waals surface area contributed by atoms with Crippen LogP contribution in [0.4, 0.5) is 8.78 Å². The topological polar surface area (TPSA) is 21.3 Å². The second-order valence-corrected chi connectivity index (χ2v) is 4.15. The Morgan fingerprint density at radius 2 is 2.00 bits per heavy atom. The molecule has 1 saturated heterocycles. The number of benzene rings is 1. The van der Waals surface area contributed by atoms with Gasteiger partial charge in [0.1, 0.15) is 11.6 Å². The van der Waals surface area contributed by atoms with E-state index in [9.17, 15) is 8.78 Å². The summed E-state index contributed by atoms with van der Waals surface area (Å²) >= 11 is 0. The van der Waals surface area contributed by atoms with Gasteiger partial charge >= 0.3 is 0 Å². The first kappa shape index (κ1) is 11.5. The van der Waals surface area contributed by atoms with Gasteiger partial charge in [-0.25, -0.2) is 8.78 Å². The zero-order valence-electron chi connectivity index (χ0n) is 9.01. The minimum Gasteiger partial charge on any atom is -0.376 e. The Hall–Kier alpha value is -1.00. The Kier molecular flexibility index (Phi) is 3.85. The van der Waals surface area contributed by atoms with Gasteiger partial charge in [0, 0.05) is 12.6 Å². The lowest BCUT2D eigenvalue weighted by Crippen LogP contribution is -2.13. The third kappa shape index (κ3) is 3.25. The maximum atomic E-state index is 12.9. The minimum absolute atomic E-state index is 0.269. The molecular formula is C12H15F2NO. The summed E-state index contributed by atoms with van der Waals surface area (Å²) in [5.41, 5.74) is 0.545. The molecule has 0 saturated carbocycles. The summed E-state index contributed by atoms with van der Waals surface area (Å²) in [7, 11) is 0. The molecule has 1 N–H and O–H groups in total. The molecule has 0 aliphatic carbocycles. The van der Waals surface area contributed by atoms with Crippen molar-refractivity contribution in [1.29, 1.82) is 0 Å². The molecule has 1 fully saturated rings. The molecule has 1 aliphatic heterocycles. The molecule has 1 atom stereocenters. The van der Waals surface area contributed by atoms with E-state index in [1.165, 1.54) is 12.1 Å². The predicted octanol–water partition coefficient (Wildman–Crippen LogP) is 2.09. The van der Waals surface area contributed by atoms with E-state index < -0.39 is 11.6 Å². The van der Waals surface area contributed by atoms with Crippen LogP contribution in [-0.2, 0) is 11.3 Å². The van der Waals surface area contributed by atoms with E-state index in [2.05, 4.69) is 5.32 Å². The van der Waals surface area contributed by atoms with Crippen LogP contribution in [0, 0.1) is 17.6 Å². The van der Waals surface area contributed by atoms with Gasteiger partial charge in [-0.2, -0.15) is 0 Å². The highest BCUT2D eigenvalue weighted by atomic mass is 19.1. The molecule has 0 spiro atoms. The Bertz CT molecular complexity index is 331. The van der Waals surface area contributed by atoms with Crippen molar-refractivity contribution in [3.63, 3.8) is 0 Å². The summed E-state index contributed by atoms with van der Waals surface area (Å²) in [6.45, 7) is 2.91. The lowest BCUT2D eigenvalue weighted by molar-refractivity contribution is 0.0921. The van der Waals surface area contributed by atoms with Gasteiger partial charge in [0.2, 0.25) is 0 Å². The second-order valence-electron chi connectivity index (χ2n) is 4.15. The number of nitrogens with one attached hydrogen (secondary N) is 1. The highest BCUT2D eigenvalue weighted by Gasteiger charge is 2.14. The van der Waals surface area contributed by atoms with E-state index in [4.69, 9.17) is 4.74 Å². The van der Waals surface area contributed by atoms with Gasteiger partial charge in [-0.1, -0.05) is 0 Å². The van der Waals surface area contributed by atoms with E-state index in [0.29, 0.717) is 18.1 Å². The molecule has 0 bridgehead atoms. The molecule has 1 heterocycles. The number of hydrogen-bond acceptors (Lipinski definition) is 2. The Balaban J connectivity index is 1.80. The standard InChI is InChI=1S/C12H15F2NO/c13-11-3-10(4-12(14)5-11)8-16-7-9-1-2-15-6-9/h3-5,9,15H,1-2,6-8H2. The molecular weight excluding hydrogens is 212 g/mol. The summed E-state index contributed by atoms with van der Waals surface area (Å²) in [6, 6.07) is 3.47. The summed E-state index contributed by atoms with van der Waals surface area (Å²) in [6.07, 6.45) is 1.11. The monoisotopic (exact) mass is 227 g/mol. The third-order valence-corrected chi connectivity index (χ3v) is 2.71. The fourth-order valence-corrected chi connectivity index (χ4v) is 1.89. The molecule has 4 heteroatoms. The van der Waals surface area contributed by atoms with Crippen LogP contribution in [0.25, 0.3) is 0 Å². The summed E-state index contributed by atoms with van der Waals surface area (Å²) in [5.74, 6) is -0.583. The van der Waals surface area contributed by atoms with Gasteiger partial charge in [-0.05, 0) is 36.6 Å².